The van der Waals surface area contributed by atoms with Gasteiger partial charge in [-0.05, 0) is 31.2 Å². The van der Waals surface area contributed by atoms with Crippen LogP contribution < -0.4 is 4.74 Å². The van der Waals surface area contributed by atoms with Crippen molar-refractivity contribution in [2.24, 2.45) is 0 Å². The molecule has 1 fully saturated rings. The summed E-state index contributed by atoms with van der Waals surface area (Å²) >= 11 is 0. The molecule has 0 radical (unpaired) electrons. The van der Waals surface area contributed by atoms with Gasteiger partial charge in [0.05, 0.1) is 13.2 Å². The number of carbonyl (C=O) groups is 1. The molecule has 3 rings (SSSR count). The SMILES string of the molecule is Cc1cnc([C@H]2CN(C(=O)COc3ccc(F)cc3)CCO2)[nH]1. The molecule has 1 aromatic carbocycles. The van der Waals surface area contributed by atoms with Crippen molar-refractivity contribution >= 4 is 5.91 Å². The molecule has 23 heavy (non-hydrogen) atoms. The Morgan fingerprint density at radius 3 is 2.96 bits per heavy atom. The molecule has 0 aliphatic carbocycles. The molecule has 2 aromatic rings. The lowest BCUT2D eigenvalue weighted by atomic mass is 10.2. The summed E-state index contributed by atoms with van der Waals surface area (Å²) in [5.74, 6) is 0.713. The Morgan fingerprint density at radius 1 is 1.48 bits per heavy atom. The van der Waals surface area contributed by atoms with Gasteiger partial charge >= 0.3 is 0 Å². The van der Waals surface area contributed by atoms with E-state index in [2.05, 4.69) is 9.97 Å². The molecule has 1 saturated heterocycles. The van der Waals surface area contributed by atoms with Gasteiger partial charge in [0, 0.05) is 18.4 Å². The Bertz CT molecular complexity index is 671. The average Bonchev–Trinajstić information content (AvgIpc) is 3.01. The molecule has 0 saturated carbocycles. The van der Waals surface area contributed by atoms with Crippen molar-refractivity contribution in [2.75, 3.05) is 26.3 Å². The second-order valence-electron chi connectivity index (χ2n) is 5.39. The zero-order chi connectivity index (χ0) is 16.2. The number of H-pyrrole nitrogens is 1. The summed E-state index contributed by atoms with van der Waals surface area (Å²) in [7, 11) is 0. The van der Waals surface area contributed by atoms with E-state index in [1.807, 2.05) is 6.92 Å². The summed E-state index contributed by atoms with van der Waals surface area (Å²) in [6.45, 7) is 3.22. The third kappa shape index (κ3) is 3.87. The molecule has 0 unspecified atom stereocenters. The van der Waals surface area contributed by atoms with Crippen molar-refractivity contribution in [2.45, 2.75) is 13.0 Å². The predicted octanol–water partition coefficient (Wildman–Crippen LogP) is 1.84. The number of nitrogens with zero attached hydrogens (tertiary/aromatic N) is 2. The summed E-state index contributed by atoms with van der Waals surface area (Å²) < 4.78 is 23.9. The quantitative estimate of drug-likeness (QED) is 0.934. The average molecular weight is 319 g/mol. The molecule has 0 spiro atoms. The summed E-state index contributed by atoms with van der Waals surface area (Å²) in [5.41, 5.74) is 0.951. The molecule has 2 heterocycles. The third-order valence-corrected chi connectivity index (χ3v) is 3.62. The molecular formula is C16H18FN3O3. The van der Waals surface area contributed by atoms with Crippen LogP contribution in [-0.4, -0.2) is 47.1 Å². The van der Waals surface area contributed by atoms with Crippen molar-refractivity contribution in [3.8, 4) is 5.75 Å². The lowest BCUT2D eigenvalue weighted by molar-refractivity contribution is -0.141. The number of hydrogen-bond acceptors (Lipinski definition) is 4. The molecule has 1 N–H and O–H groups in total. The normalized spacial score (nSPS) is 18.0. The highest BCUT2D eigenvalue weighted by Gasteiger charge is 2.27. The predicted molar refractivity (Wildman–Crippen MR) is 80.5 cm³/mol. The van der Waals surface area contributed by atoms with Crippen LogP contribution in [0.4, 0.5) is 4.39 Å². The van der Waals surface area contributed by atoms with Crippen LogP contribution in [0.2, 0.25) is 0 Å². The number of carbonyl (C=O) groups excluding carboxylic acids is 1. The first-order valence-electron chi connectivity index (χ1n) is 7.41. The molecule has 1 aromatic heterocycles. The van der Waals surface area contributed by atoms with Gasteiger partial charge in [-0.3, -0.25) is 4.79 Å². The highest BCUT2D eigenvalue weighted by Crippen LogP contribution is 2.20. The highest BCUT2D eigenvalue weighted by atomic mass is 19.1. The fourth-order valence-corrected chi connectivity index (χ4v) is 2.40. The van der Waals surface area contributed by atoms with Crippen molar-refractivity contribution in [3.63, 3.8) is 0 Å². The number of rotatable bonds is 4. The highest BCUT2D eigenvalue weighted by molar-refractivity contribution is 5.77. The lowest BCUT2D eigenvalue weighted by Gasteiger charge is -2.32. The summed E-state index contributed by atoms with van der Waals surface area (Å²) in [5, 5.41) is 0. The largest absolute Gasteiger partial charge is 0.484 e. The zero-order valence-corrected chi connectivity index (χ0v) is 12.8. The molecule has 1 atom stereocenters. The minimum atomic E-state index is -0.339. The van der Waals surface area contributed by atoms with E-state index >= 15 is 0 Å². The van der Waals surface area contributed by atoms with Gasteiger partial charge in [0.25, 0.3) is 5.91 Å². The van der Waals surface area contributed by atoms with E-state index < -0.39 is 0 Å². The van der Waals surface area contributed by atoms with E-state index in [0.29, 0.717) is 25.4 Å². The first-order chi connectivity index (χ1) is 11.1. The van der Waals surface area contributed by atoms with Gasteiger partial charge in [-0.15, -0.1) is 0 Å². The van der Waals surface area contributed by atoms with Crippen LogP contribution in [0, 0.1) is 12.7 Å². The molecule has 122 valence electrons. The first kappa shape index (κ1) is 15.5. The molecule has 1 aliphatic heterocycles. The minimum Gasteiger partial charge on any atom is -0.484 e. The van der Waals surface area contributed by atoms with Crippen molar-refractivity contribution in [3.05, 3.63) is 47.8 Å². The summed E-state index contributed by atoms with van der Waals surface area (Å²) in [6, 6.07) is 5.58. The van der Waals surface area contributed by atoms with Gasteiger partial charge in [0.1, 0.15) is 23.5 Å². The first-order valence-corrected chi connectivity index (χ1v) is 7.41. The molecule has 0 bridgehead atoms. The Hall–Kier alpha value is -2.41. The Morgan fingerprint density at radius 2 is 2.26 bits per heavy atom. The number of hydrogen-bond donors (Lipinski definition) is 1. The van der Waals surface area contributed by atoms with Crippen LogP contribution >= 0.6 is 0 Å². The van der Waals surface area contributed by atoms with E-state index in [4.69, 9.17) is 9.47 Å². The van der Waals surface area contributed by atoms with Gasteiger partial charge in [0.15, 0.2) is 6.61 Å². The van der Waals surface area contributed by atoms with Crippen molar-refractivity contribution < 1.29 is 18.7 Å². The van der Waals surface area contributed by atoms with E-state index in [1.165, 1.54) is 24.3 Å². The smallest absolute Gasteiger partial charge is 0.260 e. The molecule has 1 amide bonds. The number of aromatic amines is 1. The third-order valence-electron chi connectivity index (χ3n) is 3.62. The Balaban J connectivity index is 1.55. The fourth-order valence-electron chi connectivity index (χ4n) is 2.40. The van der Waals surface area contributed by atoms with Crippen LogP contribution in [0.3, 0.4) is 0 Å². The summed E-state index contributed by atoms with van der Waals surface area (Å²) in [4.78, 5) is 21.3. The number of nitrogens with one attached hydrogen (secondary N) is 1. The van der Waals surface area contributed by atoms with Crippen LogP contribution in [0.5, 0.6) is 5.75 Å². The number of imidazole rings is 1. The van der Waals surface area contributed by atoms with E-state index in [9.17, 15) is 9.18 Å². The van der Waals surface area contributed by atoms with Crippen molar-refractivity contribution in [1.82, 2.24) is 14.9 Å². The number of benzene rings is 1. The van der Waals surface area contributed by atoms with Crippen LogP contribution in [0.1, 0.15) is 17.6 Å². The number of amides is 1. The van der Waals surface area contributed by atoms with E-state index in [0.717, 1.165) is 11.5 Å². The molecule has 6 nitrogen and oxygen atoms in total. The van der Waals surface area contributed by atoms with Crippen LogP contribution in [-0.2, 0) is 9.53 Å². The zero-order valence-electron chi connectivity index (χ0n) is 12.8. The Labute approximate surface area is 133 Å². The maximum absolute atomic E-state index is 12.8. The second-order valence-corrected chi connectivity index (χ2v) is 5.39. The van der Waals surface area contributed by atoms with Gasteiger partial charge in [-0.25, -0.2) is 9.37 Å². The number of morpholine rings is 1. The maximum Gasteiger partial charge on any atom is 0.260 e. The number of aromatic nitrogens is 2. The van der Waals surface area contributed by atoms with Gasteiger partial charge in [-0.2, -0.15) is 0 Å². The van der Waals surface area contributed by atoms with Crippen LogP contribution in [0.25, 0.3) is 0 Å². The van der Waals surface area contributed by atoms with E-state index in [1.54, 1.807) is 11.1 Å². The van der Waals surface area contributed by atoms with Gasteiger partial charge in [-0.1, -0.05) is 0 Å². The number of halogens is 1. The summed E-state index contributed by atoms with van der Waals surface area (Å²) in [6.07, 6.45) is 1.48. The van der Waals surface area contributed by atoms with Crippen molar-refractivity contribution in [1.29, 1.82) is 0 Å². The molecular weight excluding hydrogens is 301 g/mol. The van der Waals surface area contributed by atoms with Gasteiger partial charge < -0.3 is 19.4 Å². The van der Waals surface area contributed by atoms with Crippen LogP contribution in [0.15, 0.2) is 30.5 Å². The minimum absolute atomic E-state index is 0.0878. The monoisotopic (exact) mass is 319 g/mol. The fraction of sp³-hybridized carbons (Fsp3) is 0.375. The van der Waals surface area contributed by atoms with Gasteiger partial charge in [0.2, 0.25) is 0 Å². The lowest BCUT2D eigenvalue weighted by Crippen LogP contribution is -2.44. The topological polar surface area (TPSA) is 67.5 Å². The molecule has 7 heteroatoms. The molecule has 1 aliphatic rings. The number of ether oxygens (including phenoxy) is 2. The Kier molecular flexibility index (Phi) is 4.57. The van der Waals surface area contributed by atoms with E-state index in [-0.39, 0.29) is 24.4 Å². The second kappa shape index (κ2) is 6.78. The number of aryl methyl sites for hydroxylation is 1. The standard InChI is InChI=1S/C16H18FN3O3/c1-11-8-18-16(19-11)14-9-20(6-7-22-14)15(21)10-23-13-4-2-12(17)3-5-13/h2-5,8,14H,6-7,9-10H2,1H3,(H,18,19)/t14-/m1/s1. The maximum atomic E-state index is 12.8.